The largest absolute Gasteiger partial charge is 0.323 e. The molecule has 0 bridgehead atoms. The van der Waals surface area contributed by atoms with Gasteiger partial charge in [-0.2, -0.15) is 0 Å². The zero-order valence-corrected chi connectivity index (χ0v) is 11.1. The third-order valence-electron chi connectivity index (χ3n) is 2.68. The van der Waals surface area contributed by atoms with Crippen LogP contribution in [-0.4, -0.2) is 0 Å². The Bertz CT molecular complexity index is 417. The molecule has 2 aromatic heterocycles. The number of thiophene rings is 2. The topological polar surface area (TPSA) is 26.0 Å². The average Bonchev–Trinajstić information content (AvgIpc) is 2.96. The molecule has 0 aliphatic rings. The minimum atomic E-state index is 0.201. The first-order valence-corrected chi connectivity index (χ1v) is 7.35. The molecule has 0 fully saturated rings. The Hall–Kier alpha value is -0.640. The summed E-state index contributed by atoms with van der Waals surface area (Å²) in [7, 11) is 0. The fourth-order valence-electron chi connectivity index (χ4n) is 1.68. The van der Waals surface area contributed by atoms with Crippen molar-refractivity contribution in [1.29, 1.82) is 0 Å². The zero-order valence-electron chi connectivity index (χ0n) is 9.48. The van der Waals surface area contributed by atoms with Crippen LogP contribution in [0.2, 0.25) is 0 Å². The molecule has 3 heteroatoms. The summed E-state index contributed by atoms with van der Waals surface area (Å²) in [5, 5.41) is 2.13. The van der Waals surface area contributed by atoms with Gasteiger partial charge in [-0.15, -0.1) is 22.7 Å². The summed E-state index contributed by atoms with van der Waals surface area (Å²) in [5.41, 5.74) is 6.19. The molecule has 2 N–H and O–H groups in total. The molecule has 2 aromatic rings. The van der Waals surface area contributed by atoms with Crippen LogP contribution in [0, 0.1) is 0 Å². The highest BCUT2D eigenvalue weighted by Gasteiger charge is 2.09. The molecule has 16 heavy (non-hydrogen) atoms. The van der Waals surface area contributed by atoms with Crippen LogP contribution < -0.4 is 5.73 Å². The van der Waals surface area contributed by atoms with Crippen LogP contribution in [0.4, 0.5) is 0 Å². The van der Waals surface area contributed by atoms with E-state index in [2.05, 4.69) is 36.6 Å². The van der Waals surface area contributed by atoms with Gasteiger partial charge in [0.05, 0.1) is 0 Å². The van der Waals surface area contributed by atoms with Crippen molar-refractivity contribution >= 4 is 22.7 Å². The number of hydrogen-bond acceptors (Lipinski definition) is 3. The van der Waals surface area contributed by atoms with Crippen molar-refractivity contribution in [1.82, 2.24) is 0 Å². The number of aryl methyl sites for hydroxylation is 2. The lowest BCUT2D eigenvalue weighted by atomic mass is 10.1. The van der Waals surface area contributed by atoms with Crippen molar-refractivity contribution in [2.24, 2.45) is 5.73 Å². The fourth-order valence-corrected chi connectivity index (χ4v) is 3.39. The maximum absolute atomic E-state index is 6.19. The summed E-state index contributed by atoms with van der Waals surface area (Å²) >= 11 is 3.67. The molecule has 2 rings (SSSR count). The van der Waals surface area contributed by atoms with E-state index in [0.29, 0.717) is 0 Å². The predicted molar refractivity (Wildman–Crippen MR) is 73.3 cm³/mol. The van der Waals surface area contributed by atoms with E-state index in [1.807, 2.05) is 22.7 Å². The number of nitrogens with two attached hydrogens (primary N) is 1. The van der Waals surface area contributed by atoms with Crippen LogP contribution in [0.5, 0.6) is 0 Å². The summed E-state index contributed by atoms with van der Waals surface area (Å²) in [5.74, 6) is 0. The van der Waals surface area contributed by atoms with Crippen molar-refractivity contribution in [2.45, 2.75) is 32.2 Å². The Balaban J connectivity index is 1.90. The molecular weight excluding hydrogens is 234 g/mol. The van der Waals surface area contributed by atoms with Crippen LogP contribution in [-0.2, 0) is 12.8 Å². The van der Waals surface area contributed by atoms with E-state index in [9.17, 15) is 0 Å². The lowest BCUT2D eigenvalue weighted by Crippen LogP contribution is -2.09. The first kappa shape index (κ1) is 11.8. The van der Waals surface area contributed by atoms with E-state index in [1.165, 1.54) is 14.6 Å². The molecule has 1 nitrogen and oxygen atoms in total. The van der Waals surface area contributed by atoms with Crippen LogP contribution in [0.25, 0.3) is 0 Å². The van der Waals surface area contributed by atoms with E-state index in [-0.39, 0.29) is 6.04 Å². The Labute approximate surface area is 105 Å². The quantitative estimate of drug-likeness (QED) is 0.854. The monoisotopic (exact) mass is 251 g/mol. The SMILES string of the molecule is CCc1ccc(C(N)CCc2cccs2)s1. The standard InChI is InChI=1S/C13H17NS2/c1-2-10-6-8-13(16-10)12(14)7-5-11-4-3-9-15-11/h3-4,6,8-9,12H,2,5,7,14H2,1H3. The molecule has 1 unspecified atom stereocenters. The van der Waals surface area contributed by atoms with Crippen molar-refractivity contribution in [3.8, 4) is 0 Å². The van der Waals surface area contributed by atoms with Gasteiger partial charge in [0.25, 0.3) is 0 Å². The molecule has 0 radical (unpaired) electrons. The molecule has 1 atom stereocenters. The molecule has 0 aromatic carbocycles. The van der Waals surface area contributed by atoms with E-state index in [0.717, 1.165) is 19.3 Å². The number of hydrogen-bond donors (Lipinski definition) is 1. The van der Waals surface area contributed by atoms with Gasteiger partial charge >= 0.3 is 0 Å². The third kappa shape index (κ3) is 2.94. The smallest absolute Gasteiger partial charge is 0.0393 e. The first-order chi connectivity index (χ1) is 7.79. The Morgan fingerprint density at radius 1 is 1.25 bits per heavy atom. The Kier molecular flexibility index (Phi) is 4.16. The van der Waals surface area contributed by atoms with Gasteiger partial charge in [0, 0.05) is 20.7 Å². The molecule has 0 saturated heterocycles. The zero-order chi connectivity index (χ0) is 11.4. The van der Waals surface area contributed by atoms with E-state index >= 15 is 0 Å². The fraction of sp³-hybridized carbons (Fsp3) is 0.385. The highest BCUT2D eigenvalue weighted by molar-refractivity contribution is 7.12. The highest BCUT2D eigenvalue weighted by atomic mass is 32.1. The van der Waals surface area contributed by atoms with Gasteiger partial charge < -0.3 is 5.73 Å². The summed E-state index contributed by atoms with van der Waals surface area (Å²) in [6, 6.07) is 8.87. The summed E-state index contributed by atoms with van der Waals surface area (Å²) < 4.78 is 0. The van der Waals surface area contributed by atoms with Gasteiger partial charge in [0.15, 0.2) is 0 Å². The van der Waals surface area contributed by atoms with Crippen LogP contribution in [0.15, 0.2) is 29.6 Å². The molecule has 2 heterocycles. The van der Waals surface area contributed by atoms with Crippen molar-refractivity contribution in [3.63, 3.8) is 0 Å². The lowest BCUT2D eigenvalue weighted by molar-refractivity contribution is 0.666. The average molecular weight is 251 g/mol. The molecule has 0 aliphatic heterocycles. The van der Waals surface area contributed by atoms with Crippen molar-refractivity contribution in [3.05, 3.63) is 44.3 Å². The second kappa shape index (κ2) is 5.62. The predicted octanol–water partition coefficient (Wildman–Crippen LogP) is 4.00. The first-order valence-electron chi connectivity index (χ1n) is 5.66. The summed E-state index contributed by atoms with van der Waals surface area (Å²) in [6.07, 6.45) is 3.25. The highest BCUT2D eigenvalue weighted by Crippen LogP contribution is 2.25. The third-order valence-corrected chi connectivity index (χ3v) is 4.98. The maximum Gasteiger partial charge on any atom is 0.0393 e. The van der Waals surface area contributed by atoms with Crippen LogP contribution in [0.1, 0.15) is 34.0 Å². The molecule has 0 amide bonds. The van der Waals surface area contributed by atoms with Gasteiger partial charge in [0.1, 0.15) is 0 Å². The van der Waals surface area contributed by atoms with Gasteiger partial charge in [-0.1, -0.05) is 13.0 Å². The number of rotatable bonds is 5. The van der Waals surface area contributed by atoms with Crippen molar-refractivity contribution in [2.75, 3.05) is 0 Å². The van der Waals surface area contributed by atoms with Gasteiger partial charge in [-0.25, -0.2) is 0 Å². The summed E-state index contributed by atoms with van der Waals surface area (Å²) in [4.78, 5) is 4.19. The Morgan fingerprint density at radius 2 is 2.12 bits per heavy atom. The van der Waals surface area contributed by atoms with Gasteiger partial charge in [0.2, 0.25) is 0 Å². The van der Waals surface area contributed by atoms with Crippen LogP contribution >= 0.6 is 22.7 Å². The Morgan fingerprint density at radius 3 is 2.75 bits per heavy atom. The summed E-state index contributed by atoms with van der Waals surface area (Å²) in [6.45, 7) is 2.19. The van der Waals surface area contributed by atoms with Crippen molar-refractivity contribution < 1.29 is 0 Å². The van der Waals surface area contributed by atoms with E-state index < -0.39 is 0 Å². The molecule has 86 valence electrons. The molecule has 0 spiro atoms. The van der Waals surface area contributed by atoms with Gasteiger partial charge in [-0.05, 0) is 42.8 Å². The molecule has 0 saturated carbocycles. The van der Waals surface area contributed by atoms with Crippen LogP contribution in [0.3, 0.4) is 0 Å². The normalized spacial score (nSPS) is 12.9. The molecule has 0 aliphatic carbocycles. The maximum atomic E-state index is 6.19. The van der Waals surface area contributed by atoms with Gasteiger partial charge in [-0.3, -0.25) is 0 Å². The lowest BCUT2D eigenvalue weighted by Gasteiger charge is -2.08. The minimum absolute atomic E-state index is 0.201. The minimum Gasteiger partial charge on any atom is -0.323 e. The molecular formula is C13H17NS2. The van der Waals surface area contributed by atoms with E-state index in [1.54, 1.807) is 0 Å². The second-order valence-electron chi connectivity index (χ2n) is 3.88. The second-order valence-corrected chi connectivity index (χ2v) is 6.11. The van der Waals surface area contributed by atoms with E-state index in [4.69, 9.17) is 5.73 Å².